The number of carbonyl (C=O) groups is 2. The number of hydrogen-bond donors (Lipinski definition) is 0. The van der Waals surface area contributed by atoms with Crippen LogP contribution in [0.25, 0.3) is 10.8 Å². The molecule has 3 unspecified atom stereocenters. The predicted octanol–water partition coefficient (Wildman–Crippen LogP) is 3.65. The van der Waals surface area contributed by atoms with E-state index in [4.69, 9.17) is 0 Å². The lowest BCUT2D eigenvalue weighted by atomic mass is 9.93. The first kappa shape index (κ1) is 13.1. The smallest absolute Gasteiger partial charge is 0.262 e. The number of amides is 2. The average molecular weight is 303 g/mol. The quantitative estimate of drug-likeness (QED) is 0.627. The zero-order valence-electron chi connectivity index (χ0n) is 12.7. The Morgan fingerprint density at radius 3 is 2.61 bits per heavy atom. The van der Waals surface area contributed by atoms with E-state index in [0.717, 1.165) is 17.2 Å². The summed E-state index contributed by atoms with van der Waals surface area (Å²) in [5.74, 6) is 1.39. The molecule has 0 spiro atoms. The van der Waals surface area contributed by atoms with Gasteiger partial charge in [-0.2, -0.15) is 0 Å². The molecule has 23 heavy (non-hydrogen) atoms. The zero-order valence-corrected chi connectivity index (χ0v) is 12.7. The van der Waals surface area contributed by atoms with Crippen molar-refractivity contribution in [2.24, 2.45) is 17.8 Å². The molecule has 3 atom stereocenters. The lowest BCUT2D eigenvalue weighted by molar-refractivity contribution is 0.0622. The fourth-order valence-corrected chi connectivity index (χ4v) is 4.56. The number of nitrogens with zero attached hydrogens (tertiary/aromatic N) is 1. The number of hydrogen-bond acceptors (Lipinski definition) is 2. The number of carbonyl (C=O) groups excluding carboxylic acids is 2. The molecule has 0 aromatic heterocycles. The highest BCUT2D eigenvalue weighted by Crippen LogP contribution is 2.44. The maximum Gasteiger partial charge on any atom is 0.262 e. The normalized spacial score (nSPS) is 28.2. The molecule has 0 saturated heterocycles. The first-order valence-electron chi connectivity index (χ1n) is 8.28. The molecule has 2 aromatic rings. The summed E-state index contributed by atoms with van der Waals surface area (Å²) in [4.78, 5) is 27.1. The van der Waals surface area contributed by atoms with Gasteiger partial charge in [-0.05, 0) is 47.4 Å². The van der Waals surface area contributed by atoms with E-state index in [-0.39, 0.29) is 11.8 Å². The number of benzene rings is 2. The zero-order chi connectivity index (χ0) is 15.6. The van der Waals surface area contributed by atoms with Gasteiger partial charge in [0.05, 0.1) is 11.1 Å². The van der Waals surface area contributed by atoms with Gasteiger partial charge in [0.15, 0.2) is 0 Å². The van der Waals surface area contributed by atoms with Crippen molar-refractivity contribution < 1.29 is 9.59 Å². The van der Waals surface area contributed by atoms with Gasteiger partial charge in [-0.25, -0.2) is 0 Å². The second kappa shape index (κ2) is 4.54. The van der Waals surface area contributed by atoms with E-state index in [0.29, 0.717) is 35.4 Å². The van der Waals surface area contributed by atoms with Crippen LogP contribution in [0.15, 0.2) is 48.6 Å². The Bertz CT molecular complexity index is 882. The molecular weight excluding hydrogens is 286 g/mol. The molecule has 1 heterocycles. The van der Waals surface area contributed by atoms with Crippen LogP contribution >= 0.6 is 0 Å². The van der Waals surface area contributed by atoms with Crippen LogP contribution in [-0.4, -0.2) is 23.3 Å². The summed E-state index contributed by atoms with van der Waals surface area (Å²) < 4.78 is 0. The highest BCUT2D eigenvalue weighted by molar-refractivity contribution is 6.26. The minimum Gasteiger partial charge on any atom is -0.274 e. The van der Waals surface area contributed by atoms with Crippen LogP contribution in [0.4, 0.5) is 0 Å². The molecule has 2 aliphatic carbocycles. The molecule has 0 N–H and O–H groups in total. The van der Waals surface area contributed by atoms with Crippen LogP contribution in [0.2, 0.25) is 0 Å². The maximum atomic E-state index is 12.9. The molecule has 3 nitrogen and oxygen atoms in total. The fourth-order valence-electron chi connectivity index (χ4n) is 4.56. The Morgan fingerprint density at radius 1 is 0.957 bits per heavy atom. The Labute approximate surface area is 134 Å². The summed E-state index contributed by atoms with van der Waals surface area (Å²) in [5, 5.41) is 1.90. The lowest BCUT2D eigenvalue weighted by Gasteiger charge is -2.23. The van der Waals surface area contributed by atoms with E-state index < -0.39 is 0 Å². The van der Waals surface area contributed by atoms with Gasteiger partial charge in [0.25, 0.3) is 11.8 Å². The van der Waals surface area contributed by atoms with Gasteiger partial charge in [0.2, 0.25) is 0 Å². The van der Waals surface area contributed by atoms with Gasteiger partial charge in [-0.15, -0.1) is 0 Å². The number of fused-ring (bicyclic) bond motifs is 5. The molecule has 3 aliphatic rings. The van der Waals surface area contributed by atoms with Gasteiger partial charge in [0.1, 0.15) is 0 Å². The van der Waals surface area contributed by atoms with Crippen molar-refractivity contribution in [3.8, 4) is 0 Å². The van der Waals surface area contributed by atoms with Gasteiger partial charge in [-0.3, -0.25) is 14.5 Å². The fraction of sp³-hybridized carbons (Fsp3) is 0.300. The summed E-state index contributed by atoms with van der Waals surface area (Å²) in [6.45, 7) is 0.562. The Hall–Kier alpha value is -2.42. The Morgan fingerprint density at radius 2 is 1.83 bits per heavy atom. The van der Waals surface area contributed by atoms with Crippen molar-refractivity contribution in [1.82, 2.24) is 4.90 Å². The van der Waals surface area contributed by atoms with E-state index >= 15 is 0 Å². The van der Waals surface area contributed by atoms with Crippen molar-refractivity contribution in [3.63, 3.8) is 0 Å². The molecule has 5 rings (SSSR count). The molecular formula is C20H17NO2. The van der Waals surface area contributed by atoms with Crippen molar-refractivity contribution in [2.45, 2.75) is 12.8 Å². The molecule has 2 amide bonds. The minimum atomic E-state index is -0.123. The van der Waals surface area contributed by atoms with Gasteiger partial charge >= 0.3 is 0 Å². The van der Waals surface area contributed by atoms with Crippen LogP contribution in [0.5, 0.6) is 0 Å². The van der Waals surface area contributed by atoms with Crippen molar-refractivity contribution in [2.75, 3.05) is 6.54 Å². The molecule has 1 aliphatic heterocycles. The number of rotatable bonds is 2. The standard InChI is InChI=1S/C20H17NO2/c22-19-17-8-7-13-3-1-2-4-16(13)18(17)20(23)21(19)11-15-10-12-5-6-14(15)9-12/h1-8,12,14-15H,9-11H2. The highest BCUT2D eigenvalue weighted by Gasteiger charge is 2.42. The SMILES string of the molecule is O=C1c2ccc3ccccc3c2C(=O)N1CC1CC2C=CC1C2. The summed E-state index contributed by atoms with van der Waals surface area (Å²) in [6, 6.07) is 11.5. The Balaban J connectivity index is 1.53. The second-order valence-corrected chi connectivity index (χ2v) is 6.97. The van der Waals surface area contributed by atoms with Crippen molar-refractivity contribution in [3.05, 3.63) is 59.7 Å². The molecule has 1 fully saturated rings. The van der Waals surface area contributed by atoms with Crippen LogP contribution in [0, 0.1) is 17.8 Å². The summed E-state index contributed by atoms with van der Waals surface area (Å²) >= 11 is 0. The molecule has 114 valence electrons. The van der Waals surface area contributed by atoms with E-state index in [1.54, 1.807) is 6.07 Å². The van der Waals surface area contributed by atoms with E-state index in [9.17, 15) is 9.59 Å². The van der Waals surface area contributed by atoms with E-state index in [2.05, 4.69) is 12.2 Å². The third kappa shape index (κ3) is 1.76. The summed E-state index contributed by atoms with van der Waals surface area (Å²) in [5.41, 5.74) is 1.15. The molecule has 2 bridgehead atoms. The third-order valence-corrected chi connectivity index (χ3v) is 5.70. The van der Waals surface area contributed by atoms with Crippen LogP contribution in [-0.2, 0) is 0 Å². The monoisotopic (exact) mass is 303 g/mol. The predicted molar refractivity (Wildman–Crippen MR) is 88.2 cm³/mol. The number of imide groups is 1. The first-order valence-corrected chi connectivity index (χ1v) is 8.28. The van der Waals surface area contributed by atoms with E-state index in [1.165, 1.54) is 11.3 Å². The van der Waals surface area contributed by atoms with Gasteiger partial charge < -0.3 is 0 Å². The number of allylic oxidation sites excluding steroid dienone is 2. The first-order chi connectivity index (χ1) is 11.2. The maximum absolute atomic E-state index is 12.9. The topological polar surface area (TPSA) is 37.4 Å². The molecule has 3 heteroatoms. The average Bonchev–Trinajstić information content (AvgIpc) is 3.25. The summed E-state index contributed by atoms with van der Waals surface area (Å²) in [6.07, 6.45) is 6.86. The summed E-state index contributed by atoms with van der Waals surface area (Å²) in [7, 11) is 0. The molecule has 0 radical (unpaired) electrons. The third-order valence-electron chi connectivity index (χ3n) is 5.70. The van der Waals surface area contributed by atoms with Crippen LogP contribution in [0.1, 0.15) is 33.6 Å². The minimum absolute atomic E-state index is 0.117. The highest BCUT2D eigenvalue weighted by atomic mass is 16.2. The lowest BCUT2D eigenvalue weighted by Crippen LogP contribution is -2.35. The van der Waals surface area contributed by atoms with Crippen LogP contribution in [0.3, 0.4) is 0 Å². The van der Waals surface area contributed by atoms with E-state index in [1.807, 2.05) is 30.3 Å². The van der Waals surface area contributed by atoms with Crippen LogP contribution < -0.4 is 0 Å². The second-order valence-electron chi connectivity index (χ2n) is 6.97. The Kier molecular flexibility index (Phi) is 2.58. The van der Waals surface area contributed by atoms with Crippen molar-refractivity contribution in [1.29, 1.82) is 0 Å². The van der Waals surface area contributed by atoms with Crippen molar-refractivity contribution >= 4 is 22.6 Å². The van der Waals surface area contributed by atoms with Gasteiger partial charge in [0, 0.05) is 6.54 Å². The van der Waals surface area contributed by atoms with Gasteiger partial charge in [-0.1, -0.05) is 42.5 Å². The molecule has 2 aromatic carbocycles. The molecule has 1 saturated carbocycles. The largest absolute Gasteiger partial charge is 0.274 e.